The third-order valence-corrected chi connectivity index (χ3v) is 2.04. The molecular formula is C8H13O2Si. The summed E-state index contributed by atoms with van der Waals surface area (Å²) in [4.78, 5) is 10.9. The van der Waals surface area contributed by atoms with Crippen molar-refractivity contribution in [1.82, 2.24) is 0 Å². The maximum Gasteiger partial charge on any atom is 0.345 e. The molecule has 0 aromatic carbocycles. The summed E-state index contributed by atoms with van der Waals surface area (Å²) < 4.78 is 4.39. The number of rotatable bonds is 2. The van der Waals surface area contributed by atoms with Crippen molar-refractivity contribution in [3.8, 4) is 0 Å². The van der Waals surface area contributed by atoms with Crippen molar-refractivity contribution in [2.75, 3.05) is 0 Å². The van der Waals surface area contributed by atoms with E-state index in [1.165, 1.54) is 0 Å². The van der Waals surface area contributed by atoms with Gasteiger partial charge in [-0.3, -0.25) is 0 Å². The molecule has 0 amide bonds. The lowest BCUT2D eigenvalue weighted by atomic mass is 10.0. The number of hydrogen-bond acceptors (Lipinski definition) is 2. The molecule has 0 rings (SSSR count). The molecule has 0 saturated carbocycles. The van der Waals surface area contributed by atoms with Crippen LogP contribution in [0.3, 0.4) is 0 Å². The van der Waals surface area contributed by atoms with E-state index in [2.05, 4.69) is 14.9 Å². The van der Waals surface area contributed by atoms with E-state index < -0.39 is 0 Å². The molecule has 0 heterocycles. The standard InChI is InChI=1S/C8H13O2Si/c1-5(2)6(3)7(4)8(9)10-11/h5H,1-4H3/b7-6-. The van der Waals surface area contributed by atoms with Gasteiger partial charge < -0.3 is 4.43 Å². The van der Waals surface area contributed by atoms with Crippen molar-refractivity contribution in [3.63, 3.8) is 0 Å². The summed E-state index contributed by atoms with van der Waals surface area (Å²) in [7, 11) is 2.70. The molecule has 3 heteroatoms. The van der Waals surface area contributed by atoms with Crippen molar-refractivity contribution in [2.45, 2.75) is 27.7 Å². The maximum atomic E-state index is 10.9. The van der Waals surface area contributed by atoms with Crippen LogP contribution in [0.1, 0.15) is 27.7 Å². The van der Waals surface area contributed by atoms with Gasteiger partial charge in [-0.1, -0.05) is 19.4 Å². The second kappa shape index (κ2) is 4.33. The normalized spacial score (nSPS) is 12.9. The molecule has 0 aliphatic heterocycles. The second-order valence-electron chi connectivity index (χ2n) is 2.85. The topological polar surface area (TPSA) is 26.3 Å². The highest BCUT2D eigenvalue weighted by Crippen LogP contribution is 2.14. The van der Waals surface area contributed by atoms with Gasteiger partial charge in [0, 0.05) is 5.57 Å². The summed E-state index contributed by atoms with van der Waals surface area (Å²) in [5.74, 6) is 0.0774. The average molecular weight is 169 g/mol. The summed E-state index contributed by atoms with van der Waals surface area (Å²) in [6, 6.07) is 0. The highest BCUT2D eigenvalue weighted by Gasteiger charge is 2.08. The van der Waals surface area contributed by atoms with E-state index in [4.69, 9.17) is 0 Å². The van der Waals surface area contributed by atoms with E-state index in [0.717, 1.165) is 5.57 Å². The molecule has 2 nitrogen and oxygen atoms in total. The quantitative estimate of drug-likeness (QED) is 0.463. The van der Waals surface area contributed by atoms with Crippen molar-refractivity contribution < 1.29 is 9.22 Å². The molecule has 0 bridgehead atoms. The minimum atomic E-state index is -0.312. The van der Waals surface area contributed by atoms with Gasteiger partial charge in [0.1, 0.15) is 0 Å². The Morgan fingerprint density at radius 3 is 2.09 bits per heavy atom. The molecular weight excluding hydrogens is 156 g/mol. The number of hydrogen-bond donors (Lipinski definition) is 0. The summed E-state index contributed by atoms with van der Waals surface area (Å²) in [6.45, 7) is 7.78. The van der Waals surface area contributed by atoms with E-state index >= 15 is 0 Å². The molecule has 11 heavy (non-hydrogen) atoms. The Balaban J connectivity index is 4.52. The molecule has 0 N–H and O–H groups in total. The van der Waals surface area contributed by atoms with Crippen LogP contribution in [0, 0.1) is 5.92 Å². The molecule has 0 atom stereocenters. The van der Waals surface area contributed by atoms with E-state index in [0.29, 0.717) is 11.5 Å². The molecule has 0 aromatic heterocycles. The molecule has 0 aromatic rings. The van der Waals surface area contributed by atoms with Crippen molar-refractivity contribution >= 4 is 16.5 Å². The molecule has 0 saturated heterocycles. The van der Waals surface area contributed by atoms with Crippen molar-refractivity contribution in [2.24, 2.45) is 5.92 Å². The Bertz CT molecular complexity index is 183. The monoisotopic (exact) mass is 169 g/mol. The van der Waals surface area contributed by atoms with Crippen LogP contribution in [0.15, 0.2) is 11.1 Å². The fraction of sp³-hybridized carbons (Fsp3) is 0.625. The lowest BCUT2D eigenvalue weighted by molar-refractivity contribution is -0.129. The van der Waals surface area contributed by atoms with Gasteiger partial charge in [0.25, 0.3) is 0 Å². The molecule has 0 fully saturated rings. The predicted octanol–water partition coefficient (Wildman–Crippen LogP) is 1.61. The third kappa shape index (κ3) is 2.88. The Morgan fingerprint density at radius 1 is 1.36 bits per heavy atom. The Kier molecular flexibility index (Phi) is 4.11. The van der Waals surface area contributed by atoms with E-state index in [-0.39, 0.29) is 5.97 Å². The third-order valence-electron chi connectivity index (χ3n) is 1.86. The van der Waals surface area contributed by atoms with Crippen LogP contribution in [0.2, 0.25) is 0 Å². The van der Waals surface area contributed by atoms with Crippen LogP contribution in [0.25, 0.3) is 0 Å². The number of allylic oxidation sites excluding steroid dienone is 1. The Labute approximate surface area is 71.2 Å². The smallest absolute Gasteiger partial charge is 0.345 e. The van der Waals surface area contributed by atoms with Crippen LogP contribution in [0.4, 0.5) is 0 Å². The van der Waals surface area contributed by atoms with Crippen LogP contribution in [-0.4, -0.2) is 16.5 Å². The van der Waals surface area contributed by atoms with Gasteiger partial charge in [-0.05, 0) is 19.8 Å². The van der Waals surface area contributed by atoms with Crippen LogP contribution in [0.5, 0.6) is 0 Å². The van der Waals surface area contributed by atoms with Gasteiger partial charge in [0.05, 0.1) is 0 Å². The van der Waals surface area contributed by atoms with Crippen LogP contribution >= 0.6 is 0 Å². The number of carbonyl (C=O) groups excluding carboxylic acids is 1. The van der Waals surface area contributed by atoms with Crippen molar-refractivity contribution in [3.05, 3.63) is 11.1 Å². The zero-order chi connectivity index (χ0) is 9.02. The predicted molar refractivity (Wildman–Crippen MR) is 45.1 cm³/mol. The zero-order valence-electron chi connectivity index (χ0n) is 7.39. The molecule has 0 unspecified atom stereocenters. The SMILES string of the molecule is C/C(C(=O)O[Si])=C(\C)C(C)C. The minimum absolute atomic E-state index is 0.312. The fourth-order valence-electron chi connectivity index (χ4n) is 0.671. The van der Waals surface area contributed by atoms with Crippen LogP contribution < -0.4 is 0 Å². The number of carbonyl (C=O) groups is 1. The van der Waals surface area contributed by atoms with Gasteiger partial charge in [-0.2, -0.15) is 0 Å². The van der Waals surface area contributed by atoms with Gasteiger partial charge in [-0.15, -0.1) is 0 Å². The second-order valence-corrected chi connectivity index (χ2v) is 3.06. The first-order valence-corrected chi connectivity index (χ1v) is 3.96. The maximum absolute atomic E-state index is 10.9. The van der Waals surface area contributed by atoms with Crippen LogP contribution in [-0.2, 0) is 9.22 Å². The first-order valence-electron chi connectivity index (χ1n) is 3.56. The fourth-order valence-corrected chi connectivity index (χ4v) is 0.824. The summed E-state index contributed by atoms with van der Waals surface area (Å²) in [6.07, 6.45) is 0. The summed E-state index contributed by atoms with van der Waals surface area (Å²) in [5, 5.41) is 0. The zero-order valence-corrected chi connectivity index (χ0v) is 8.39. The average Bonchev–Trinajstić information content (AvgIpc) is 2.00. The van der Waals surface area contributed by atoms with Gasteiger partial charge in [0.15, 0.2) is 0 Å². The van der Waals surface area contributed by atoms with E-state index in [1.54, 1.807) is 6.92 Å². The van der Waals surface area contributed by atoms with E-state index in [9.17, 15) is 4.79 Å². The molecule has 0 spiro atoms. The molecule has 3 radical (unpaired) electrons. The first-order chi connectivity index (χ1) is 5.00. The Morgan fingerprint density at radius 2 is 1.82 bits per heavy atom. The first kappa shape index (κ1) is 10.4. The van der Waals surface area contributed by atoms with Gasteiger partial charge >= 0.3 is 16.5 Å². The summed E-state index contributed by atoms with van der Waals surface area (Å²) in [5.41, 5.74) is 1.74. The Hall–Kier alpha value is -0.573. The molecule has 0 aliphatic carbocycles. The largest absolute Gasteiger partial charge is 0.513 e. The lowest BCUT2D eigenvalue weighted by Gasteiger charge is -2.08. The highest BCUT2D eigenvalue weighted by molar-refractivity contribution is 6.09. The summed E-state index contributed by atoms with van der Waals surface area (Å²) >= 11 is 0. The van der Waals surface area contributed by atoms with Gasteiger partial charge in [-0.25, -0.2) is 4.79 Å². The lowest BCUT2D eigenvalue weighted by Crippen LogP contribution is -2.07. The molecule has 61 valence electrons. The van der Waals surface area contributed by atoms with Gasteiger partial charge in [0.2, 0.25) is 0 Å². The van der Waals surface area contributed by atoms with E-state index in [1.807, 2.05) is 20.8 Å². The minimum Gasteiger partial charge on any atom is -0.513 e. The van der Waals surface area contributed by atoms with Crippen molar-refractivity contribution in [1.29, 1.82) is 0 Å². The molecule has 0 aliphatic rings. The highest BCUT2D eigenvalue weighted by atomic mass is 28.2.